The molecule has 40 heavy (non-hydrogen) atoms. The van der Waals surface area contributed by atoms with Gasteiger partial charge < -0.3 is 19.6 Å². The SMILES string of the molecule is CC(C)Oc1cc(C2N[C@@H](c3ccc(Cl)cc3)[C@@H](c3ccc(Cl)cc3)N2C(=O)N2CCN(C)C(=O)C2)ccc1O. The summed E-state index contributed by atoms with van der Waals surface area (Å²) in [6.07, 6.45) is -0.755. The number of amides is 3. The van der Waals surface area contributed by atoms with E-state index >= 15 is 0 Å². The van der Waals surface area contributed by atoms with E-state index in [0.717, 1.165) is 16.7 Å². The Labute approximate surface area is 244 Å². The van der Waals surface area contributed by atoms with Crippen molar-refractivity contribution in [2.75, 3.05) is 26.7 Å². The van der Waals surface area contributed by atoms with Gasteiger partial charge in [-0.1, -0.05) is 53.5 Å². The van der Waals surface area contributed by atoms with Gasteiger partial charge in [-0.15, -0.1) is 0 Å². The van der Waals surface area contributed by atoms with Crippen molar-refractivity contribution in [2.45, 2.75) is 38.2 Å². The molecular weight excluding hydrogens is 551 g/mol. The number of carbonyl (C=O) groups is 2. The molecular formula is C30H32Cl2N4O4. The number of urea groups is 1. The van der Waals surface area contributed by atoms with Crippen molar-refractivity contribution in [3.8, 4) is 11.5 Å². The van der Waals surface area contributed by atoms with Crippen LogP contribution in [0.5, 0.6) is 11.5 Å². The van der Waals surface area contributed by atoms with Crippen LogP contribution in [0.15, 0.2) is 66.7 Å². The van der Waals surface area contributed by atoms with Crippen LogP contribution in [0.25, 0.3) is 0 Å². The minimum Gasteiger partial charge on any atom is -0.504 e. The number of hydrogen-bond acceptors (Lipinski definition) is 5. The maximum atomic E-state index is 14.4. The number of likely N-dealkylation sites (N-methyl/N-ethyl adjacent to an activating group) is 1. The molecule has 5 rings (SSSR count). The summed E-state index contributed by atoms with van der Waals surface area (Å²) in [5.41, 5.74) is 2.56. The van der Waals surface area contributed by atoms with Crippen molar-refractivity contribution < 1.29 is 19.4 Å². The summed E-state index contributed by atoms with van der Waals surface area (Å²) in [5.74, 6) is 0.230. The Morgan fingerprint density at radius 2 is 1.55 bits per heavy atom. The highest BCUT2D eigenvalue weighted by atomic mass is 35.5. The summed E-state index contributed by atoms with van der Waals surface area (Å²) in [6, 6.07) is 19.0. The first-order chi connectivity index (χ1) is 19.1. The smallest absolute Gasteiger partial charge is 0.322 e. The van der Waals surface area contributed by atoms with Crippen LogP contribution in [-0.4, -0.2) is 64.5 Å². The van der Waals surface area contributed by atoms with Crippen LogP contribution in [0.2, 0.25) is 10.0 Å². The van der Waals surface area contributed by atoms with Gasteiger partial charge in [0, 0.05) is 30.2 Å². The molecule has 2 saturated heterocycles. The number of hydrogen-bond donors (Lipinski definition) is 2. The van der Waals surface area contributed by atoms with E-state index in [1.807, 2.05) is 50.2 Å². The van der Waals surface area contributed by atoms with Gasteiger partial charge in [0.1, 0.15) is 12.7 Å². The highest BCUT2D eigenvalue weighted by molar-refractivity contribution is 6.30. The minimum absolute atomic E-state index is 0.00517. The summed E-state index contributed by atoms with van der Waals surface area (Å²) in [5, 5.41) is 15.3. The number of phenols is 1. The molecule has 0 saturated carbocycles. The number of carbonyl (C=O) groups excluding carboxylic acids is 2. The molecule has 2 N–H and O–H groups in total. The van der Waals surface area contributed by atoms with E-state index in [0.29, 0.717) is 28.9 Å². The molecule has 8 nitrogen and oxygen atoms in total. The second-order valence-electron chi connectivity index (χ2n) is 10.4. The van der Waals surface area contributed by atoms with Crippen LogP contribution >= 0.6 is 23.2 Å². The van der Waals surface area contributed by atoms with Crippen molar-refractivity contribution >= 4 is 35.1 Å². The summed E-state index contributed by atoms with van der Waals surface area (Å²) in [4.78, 5) is 32.0. The quantitative estimate of drug-likeness (QED) is 0.399. The monoisotopic (exact) mass is 582 g/mol. The van der Waals surface area contributed by atoms with E-state index in [2.05, 4.69) is 5.32 Å². The number of ether oxygens (including phenoxy) is 1. The number of rotatable bonds is 5. The Hall–Kier alpha value is -3.46. The zero-order valence-electron chi connectivity index (χ0n) is 22.6. The third-order valence-corrected chi connectivity index (χ3v) is 7.79. The molecule has 2 heterocycles. The van der Waals surface area contributed by atoms with Gasteiger partial charge in [0.2, 0.25) is 5.91 Å². The van der Waals surface area contributed by atoms with Gasteiger partial charge in [-0.05, 0) is 66.9 Å². The first kappa shape index (κ1) is 28.1. The lowest BCUT2D eigenvalue weighted by atomic mass is 9.94. The normalized spacial score (nSPS) is 21.3. The van der Waals surface area contributed by atoms with Gasteiger partial charge >= 0.3 is 6.03 Å². The number of aromatic hydroxyl groups is 1. The number of nitrogens with zero attached hydrogens (tertiary/aromatic N) is 3. The van der Waals surface area contributed by atoms with E-state index in [9.17, 15) is 14.7 Å². The summed E-state index contributed by atoms with van der Waals surface area (Å²) >= 11 is 12.5. The van der Waals surface area contributed by atoms with E-state index in [-0.39, 0.29) is 36.4 Å². The fourth-order valence-electron chi connectivity index (χ4n) is 5.24. The number of nitrogens with one attached hydrogen (secondary N) is 1. The highest BCUT2D eigenvalue weighted by Gasteiger charge is 2.47. The lowest BCUT2D eigenvalue weighted by Gasteiger charge is -2.38. The molecule has 3 aromatic rings. The lowest BCUT2D eigenvalue weighted by Crippen LogP contribution is -2.54. The molecule has 3 aromatic carbocycles. The van der Waals surface area contributed by atoms with Crippen molar-refractivity contribution in [1.82, 2.24) is 20.0 Å². The number of benzene rings is 3. The number of phenolic OH excluding ortho intramolecular Hbond substituents is 1. The highest BCUT2D eigenvalue weighted by Crippen LogP contribution is 2.47. The first-order valence-corrected chi connectivity index (χ1v) is 14.0. The Morgan fingerprint density at radius 3 is 2.15 bits per heavy atom. The molecule has 3 atom stereocenters. The molecule has 0 aromatic heterocycles. The largest absolute Gasteiger partial charge is 0.504 e. The molecule has 3 amide bonds. The third kappa shape index (κ3) is 5.70. The number of halogens is 2. The van der Waals surface area contributed by atoms with Gasteiger partial charge in [0.05, 0.1) is 18.2 Å². The van der Waals surface area contributed by atoms with Crippen molar-refractivity contribution in [3.05, 3.63) is 93.5 Å². The van der Waals surface area contributed by atoms with Crippen molar-refractivity contribution in [1.29, 1.82) is 0 Å². The minimum atomic E-state index is -0.598. The molecule has 0 bridgehead atoms. The van der Waals surface area contributed by atoms with Crippen molar-refractivity contribution in [2.24, 2.45) is 0 Å². The predicted molar refractivity (Wildman–Crippen MR) is 155 cm³/mol. The Balaban J connectivity index is 1.64. The van der Waals surface area contributed by atoms with Gasteiger partial charge in [-0.2, -0.15) is 0 Å². The van der Waals surface area contributed by atoms with Crippen LogP contribution < -0.4 is 10.1 Å². The van der Waals surface area contributed by atoms with E-state index in [1.54, 1.807) is 52.1 Å². The maximum absolute atomic E-state index is 14.4. The van der Waals surface area contributed by atoms with Gasteiger partial charge in [0.25, 0.3) is 0 Å². The van der Waals surface area contributed by atoms with Gasteiger partial charge in [-0.3, -0.25) is 15.0 Å². The van der Waals surface area contributed by atoms with Crippen LogP contribution in [0, 0.1) is 0 Å². The molecule has 2 aliphatic heterocycles. The van der Waals surface area contributed by atoms with Crippen LogP contribution in [0.3, 0.4) is 0 Å². The first-order valence-electron chi connectivity index (χ1n) is 13.2. The summed E-state index contributed by atoms with van der Waals surface area (Å²) in [7, 11) is 1.74. The molecule has 2 fully saturated rings. The third-order valence-electron chi connectivity index (χ3n) is 7.28. The zero-order chi connectivity index (χ0) is 28.6. The molecule has 2 aliphatic rings. The second kappa shape index (κ2) is 11.6. The van der Waals surface area contributed by atoms with Crippen LogP contribution in [0.4, 0.5) is 4.79 Å². The summed E-state index contributed by atoms with van der Waals surface area (Å²) in [6.45, 7) is 4.63. The Kier molecular flexibility index (Phi) is 8.12. The molecule has 0 aliphatic carbocycles. The maximum Gasteiger partial charge on any atom is 0.322 e. The molecule has 210 valence electrons. The van der Waals surface area contributed by atoms with E-state index in [1.165, 1.54) is 0 Å². The second-order valence-corrected chi connectivity index (χ2v) is 11.3. The van der Waals surface area contributed by atoms with Crippen molar-refractivity contribution in [3.63, 3.8) is 0 Å². The lowest BCUT2D eigenvalue weighted by molar-refractivity contribution is -0.133. The van der Waals surface area contributed by atoms with E-state index < -0.39 is 12.2 Å². The Morgan fingerprint density at radius 1 is 0.950 bits per heavy atom. The molecule has 0 spiro atoms. The average Bonchev–Trinajstić information content (AvgIpc) is 3.32. The predicted octanol–water partition coefficient (Wildman–Crippen LogP) is 5.77. The topological polar surface area (TPSA) is 85.4 Å². The average molecular weight is 584 g/mol. The summed E-state index contributed by atoms with van der Waals surface area (Å²) < 4.78 is 5.86. The van der Waals surface area contributed by atoms with Crippen LogP contribution in [-0.2, 0) is 4.79 Å². The molecule has 0 radical (unpaired) electrons. The van der Waals surface area contributed by atoms with Gasteiger partial charge in [0.15, 0.2) is 11.5 Å². The van der Waals surface area contributed by atoms with Crippen LogP contribution in [0.1, 0.15) is 48.8 Å². The standard InChI is InChI=1S/C30H32Cl2N4O4/c1-18(2)40-25-16-21(8-13-24(25)37)29-33-27(19-4-9-22(31)10-5-19)28(20-6-11-23(32)12-7-20)36(29)30(39)35-15-14-34(3)26(38)17-35/h4-13,16,18,27-29,33,37H,14-15,17H2,1-3H3/t27-,28+,29?/m0/s1. The zero-order valence-corrected chi connectivity index (χ0v) is 24.1. The fraction of sp³-hybridized carbons (Fsp3) is 0.333. The van der Waals surface area contributed by atoms with E-state index in [4.69, 9.17) is 27.9 Å². The number of piperazine rings is 1. The fourth-order valence-corrected chi connectivity index (χ4v) is 5.50. The molecule has 1 unspecified atom stereocenters. The molecule has 10 heteroatoms. The Bertz CT molecular complexity index is 1380. The van der Waals surface area contributed by atoms with Gasteiger partial charge in [-0.25, -0.2) is 4.79 Å².